The van der Waals surface area contributed by atoms with E-state index < -0.39 is 28.8 Å². The summed E-state index contributed by atoms with van der Waals surface area (Å²) in [4.78, 5) is 0. The number of rotatable bonds is 34. The predicted octanol–water partition coefficient (Wildman–Crippen LogP) is 14.5. The molecule has 10 nitrogen and oxygen atoms in total. The van der Waals surface area contributed by atoms with E-state index in [1.165, 1.54) is 12.5 Å². The number of ether oxygens (including phenoxy) is 10. The SMILES string of the molecule is C=COC1=C(CCC)C(OCCC)C(OCCC)(C2(C3(OCCC)C(OCCC)=C(OCCC)C(OC=C)=C(CCC)C3OCCC)c3ccccc3-c3ccccc32)C(OCCC)=C1OCCC. The summed E-state index contributed by atoms with van der Waals surface area (Å²) < 4.78 is 74.1. The minimum Gasteiger partial charge on any atom is -0.491 e. The van der Waals surface area contributed by atoms with Crippen molar-refractivity contribution in [1.82, 2.24) is 0 Å². The molecule has 382 valence electrons. The highest BCUT2D eigenvalue weighted by Gasteiger charge is 2.81. The van der Waals surface area contributed by atoms with Crippen molar-refractivity contribution in [2.24, 2.45) is 0 Å². The van der Waals surface area contributed by atoms with Gasteiger partial charge >= 0.3 is 0 Å². The fraction of sp³-hybridized carbons (Fsp3) is 0.593. The lowest BCUT2D eigenvalue weighted by Crippen LogP contribution is -2.77. The summed E-state index contributed by atoms with van der Waals surface area (Å²) in [6, 6.07) is 17.4. The maximum absolute atomic E-state index is 8.18. The van der Waals surface area contributed by atoms with Gasteiger partial charge in [0.25, 0.3) is 0 Å². The van der Waals surface area contributed by atoms with Crippen LogP contribution in [0.5, 0.6) is 0 Å². The van der Waals surface area contributed by atoms with E-state index in [9.17, 15) is 0 Å². The maximum atomic E-state index is 8.18. The largest absolute Gasteiger partial charge is 0.491 e. The third-order valence-corrected chi connectivity index (χ3v) is 12.8. The Kier molecular flexibility index (Phi) is 21.9. The van der Waals surface area contributed by atoms with Gasteiger partial charge in [-0.05, 0) is 86.5 Å². The second-order valence-corrected chi connectivity index (χ2v) is 18.0. The van der Waals surface area contributed by atoms with Gasteiger partial charge in [-0.2, -0.15) is 0 Å². The lowest BCUT2D eigenvalue weighted by molar-refractivity contribution is -0.249. The maximum Gasteiger partial charge on any atom is 0.203 e. The smallest absolute Gasteiger partial charge is 0.203 e. The number of hydrogen-bond acceptors (Lipinski definition) is 10. The molecule has 69 heavy (non-hydrogen) atoms. The van der Waals surface area contributed by atoms with Gasteiger partial charge in [-0.25, -0.2) is 0 Å². The quantitative estimate of drug-likeness (QED) is 0.0632. The van der Waals surface area contributed by atoms with Gasteiger partial charge in [0, 0.05) is 37.6 Å². The van der Waals surface area contributed by atoms with Gasteiger partial charge in [-0.3, -0.25) is 0 Å². The van der Waals surface area contributed by atoms with Gasteiger partial charge in [0.2, 0.25) is 11.5 Å². The average Bonchev–Trinajstić information content (AvgIpc) is 3.67. The molecular weight excluding hydrogens is 869 g/mol. The fourth-order valence-electron chi connectivity index (χ4n) is 10.7. The van der Waals surface area contributed by atoms with Crippen molar-refractivity contribution < 1.29 is 47.4 Å². The Balaban J connectivity index is 2.35. The molecular formula is C59H86O10. The van der Waals surface area contributed by atoms with E-state index in [0.717, 1.165) is 71.9 Å². The first-order chi connectivity index (χ1) is 33.8. The van der Waals surface area contributed by atoms with E-state index >= 15 is 0 Å². The van der Waals surface area contributed by atoms with Crippen LogP contribution in [0, 0.1) is 0 Å². The Morgan fingerprint density at radius 2 is 0.768 bits per heavy atom. The molecule has 0 heterocycles. The highest BCUT2D eigenvalue weighted by atomic mass is 16.6. The average molecular weight is 955 g/mol. The van der Waals surface area contributed by atoms with Crippen molar-refractivity contribution in [3.8, 4) is 11.1 Å². The van der Waals surface area contributed by atoms with Gasteiger partial charge in [0.1, 0.15) is 17.6 Å². The van der Waals surface area contributed by atoms with Crippen LogP contribution in [0.3, 0.4) is 0 Å². The second-order valence-electron chi connectivity index (χ2n) is 18.0. The molecule has 0 amide bonds. The van der Waals surface area contributed by atoms with E-state index in [0.29, 0.717) is 126 Å². The molecule has 2 aromatic carbocycles. The third kappa shape index (κ3) is 10.2. The molecule has 10 heteroatoms. The molecule has 0 radical (unpaired) electrons. The van der Waals surface area contributed by atoms with Crippen molar-refractivity contribution in [2.75, 3.05) is 52.9 Å². The Hall–Kier alpha value is -4.48. The monoisotopic (exact) mass is 955 g/mol. The first-order valence-corrected chi connectivity index (χ1v) is 26.5. The second kappa shape index (κ2) is 27.2. The van der Waals surface area contributed by atoms with Crippen molar-refractivity contribution in [1.29, 1.82) is 0 Å². The predicted molar refractivity (Wildman–Crippen MR) is 276 cm³/mol. The Bertz CT molecular complexity index is 1950. The Labute approximate surface area is 416 Å². The summed E-state index contributed by atoms with van der Waals surface area (Å²) in [5, 5.41) is 0. The van der Waals surface area contributed by atoms with Crippen molar-refractivity contribution in [3.63, 3.8) is 0 Å². The molecule has 0 aromatic heterocycles. The minimum atomic E-state index is -1.65. The van der Waals surface area contributed by atoms with Gasteiger partial charge in [-0.1, -0.05) is 144 Å². The molecule has 0 saturated carbocycles. The van der Waals surface area contributed by atoms with Crippen LogP contribution in [0.15, 0.2) is 120 Å². The van der Waals surface area contributed by atoms with Crippen LogP contribution in [0.4, 0.5) is 0 Å². The van der Waals surface area contributed by atoms with Gasteiger partial charge in [0.15, 0.2) is 34.2 Å². The van der Waals surface area contributed by atoms with Crippen molar-refractivity contribution >= 4 is 0 Å². The third-order valence-electron chi connectivity index (χ3n) is 12.8. The molecule has 0 N–H and O–H groups in total. The molecule has 2 aromatic rings. The summed E-state index contributed by atoms with van der Waals surface area (Å²) >= 11 is 0. The van der Waals surface area contributed by atoms with Crippen molar-refractivity contribution in [2.45, 2.75) is 175 Å². The van der Waals surface area contributed by atoms with E-state index in [2.05, 4.69) is 131 Å². The minimum absolute atomic E-state index is 0.316. The van der Waals surface area contributed by atoms with Crippen molar-refractivity contribution in [3.05, 3.63) is 131 Å². The van der Waals surface area contributed by atoms with E-state index in [1.54, 1.807) is 0 Å². The Morgan fingerprint density at radius 3 is 1.10 bits per heavy atom. The summed E-state index contributed by atoms with van der Waals surface area (Å²) in [6.07, 6.45) is 9.63. The molecule has 4 atom stereocenters. The summed E-state index contributed by atoms with van der Waals surface area (Å²) in [7, 11) is 0. The highest BCUT2D eigenvalue weighted by Crippen LogP contribution is 2.71. The highest BCUT2D eigenvalue weighted by molar-refractivity contribution is 5.85. The van der Waals surface area contributed by atoms with E-state index in [-0.39, 0.29) is 0 Å². The molecule has 0 spiro atoms. The standard InChI is InChI=1S/C59H86O10/c1-13-29-45-49(60-23-11)51(62-35-15-3)55(66-39-19-7)58(68-41-21-9,53(45)64-37-17-5)57(47-33-27-25-31-43(47)44-32-26-28-34-48(44)57)59(69-42-22-10)54(65-38-18-6)46(30-14-2)50(61-24-12)52(63-36-16-4)56(59)67-40-20-8/h23-28,31-34,53-54H,11-22,29-30,35-42H2,1-10H3. The summed E-state index contributed by atoms with van der Waals surface area (Å²) in [5.41, 5.74) is 0.906. The molecule has 4 unspecified atom stereocenters. The lowest BCUT2D eigenvalue weighted by atomic mass is 9.48. The molecule has 3 aliphatic rings. The molecule has 3 aliphatic carbocycles. The lowest BCUT2D eigenvalue weighted by Gasteiger charge is -2.64. The first kappa shape index (κ1) is 55.4. The summed E-state index contributed by atoms with van der Waals surface area (Å²) in [5.74, 6) is 2.90. The zero-order valence-corrected chi connectivity index (χ0v) is 44.1. The van der Waals surface area contributed by atoms with Crippen LogP contribution < -0.4 is 0 Å². The number of fused-ring (bicyclic) bond motifs is 3. The van der Waals surface area contributed by atoms with Gasteiger partial charge < -0.3 is 47.4 Å². The van der Waals surface area contributed by atoms with Crippen LogP contribution in [0.25, 0.3) is 11.1 Å². The van der Waals surface area contributed by atoms with Gasteiger partial charge in [-0.15, -0.1) is 0 Å². The van der Waals surface area contributed by atoms with Crippen LogP contribution in [-0.2, 0) is 52.8 Å². The zero-order chi connectivity index (χ0) is 49.9. The van der Waals surface area contributed by atoms with Gasteiger partial charge in [0.05, 0.1) is 39.0 Å². The van der Waals surface area contributed by atoms with E-state index in [1.807, 2.05) is 0 Å². The first-order valence-electron chi connectivity index (χ1n) is 26.5. The normalized spacial score (nSPS) is 21.8. The fourth-order valence-corrected chi connectivity index (χ4v) is 10.7. The molecule has 0 aliphatic heterocycles. The molecule has 0 bridgehead atoms. The Morgan fingerprint density at radius 1 is 0.420 bits per heavy atom. The van der Waals surface area contributed by atoms with Crippen LogP contribution in [0.1, 0.15) is 157 Å². The topological polar surface area (TPSA) is 92.3 Å². The molecule has 5 rings (SSSR count). The van der Waals surface area contributed by atoms with Crippen LogP contribution in [-0.4, -0.2) is 76.3 Å². The summed E-state index contributed by atoms with van der Waals surface area (Å²) in [6.45, 7) is 32.5. The van der Waals surface area contributed by atoms with Crippen LogP contribution >= 0.6 is 0 Å². The number of hydrogen-bond donors (Lipinski definition) is 0. The van der Waals surface area contributed by atoms with E-state index in [4.69, 9.17) is 47.4 Å². The zero-order valence-electron chi connectivity index (χ0n) is 44.1. The van der Waals surface area contributed by atoms with Crippen LogP contribution in [0.2, 0.25) is 0 Å². The number of benzene rings is 2. The molecule has 0 fully saturated rings. The molecule has 0 saturated heterocycles.